The van der Waals surface area contributed by atoms with Crippen LogP contribution in [0.3, 0.4) is 0 Å². The first kappa shape index (κ1) is 11.9. The molecule has 0 aliphatic rings. The summed E-state index contributed by atoms with van der Waals surface area (Å²) in [6.07, 6.45) is 1.53. The molecule has 1 unspecified atom stereocenters. The minimum atomic E-state index is 0.0253. The van der Waals surface area contributed by atoms with Gasteiger partial charge in [0, 0.05) is 5.02 Å². The van der Waals surface area contributed by atoms with Gasteiger partial charge in [-0.3, -0.25) is 0 Å². The van der Waals surface area contributed by atoms with Crippen LogP contribution in [-0.4, -0.2) is 7.11 Å². The van der Waals surface area contributed by atoms with Gasteiger partial charge in [0.2, 0.25) is 0 Å². The second kappa shape index (κ2) is 5.63. The Morgan fingerprint density at radius 2 is 2.27 bits per heavy atom. The maximum atomic E-state index is 8.90. The van der Waals surface area contributed by atoms with Crippen LogP contribution in [0.4, 0.5) is 0 Å². The van der Waals surface area contributed by atoms with Crippen LogP contribution >= 0.6 is 11.6 Å². The Hall–Kier alpha value is -1.20. The first-order valence-electron chi connectivity index (χ1n) is 4.93. The molecule has 0 spiro atoms. The summed E-state index contributed by atoms with van der Waals surface area (Å²) in [6, 6.07) is 7.76. The van der Waals surface area contributed by atoms with E-state index in [2.05, 4.69) is 6.07 Å². The van der Waals surface area contributed by atoms with E-state index in [4.69, 9.17) is 21.6 Å². The summed E-state index contributed by atoms with van der Waals surface area (Å²) in [5.41, 5.74) is 0.999. The molecule has 0 heterocycles. The van der Waals surface area contributed by atoms with Crippen LogP contribution in [0.5, 0.6) is 5.75 Å². The van der Waals surface area contributed by atoms with E-state index in [-0.39, 0.29) is 5.92 Å². The van der Waals surface area contributed by atoms with Crippen molar-refractivity contribution in [3.8, 4) is 11.8 Å². The first-order valence-corrected chi connectivity index (χ1v) is 5.31. The van der Waals surface area contributed by atoms with Crippen LogP contribution in [0.15, 0.2) is 18.2 Å². The van der Waals surface area contributed by atoms with Gasteiger partial charge >= 0.3 is 0 Å². The average molecular weight is 224 g/mol. The summed E-state index contributed by atoms with van der Waals surface area (Å²) in [5.74, 6) is 0.825. The third-order valence-corrected chi connectivity index (χ3v) is 2.62. The van der Waals surface area contributed by atoms with Crippen molar-refractivity contribution in [1.29, 1.82) is 5.26 Å². The second-order valence-electron chi connectivity index (χ2n) is 3.39. The Morgan fingerprint density at radius 3 is 2.80 bits per heavy atom. The lowest BCUT2D eigenvalue weighted by molar-refractivity contribution is 0.407. The summed E-state index contributed by atoms with van der Waals surface area (Å²) >= 11 is 5.91. The maximum absolute atomic E-state index is 8.90. The van der Waals surface area contributed by atoms with Crippen molar-refractivity contribution in [1.82, 2.24) is 0 Å². The largest absolute Gasteiger partial charge is 0.496 e. The van der Waals surface area contributed by atoms with Crippen molar-refractivity contribution in [2.75, 3.05) is 7.11 Å². The molecule has 1 rings (SSSR count). The fraction of sp³-hybridized carbons (Fsp3) is 0.417. The van der Waals surface area contributed by atoms with Crippen molar-refractivity contribution >= 4 is 11.6 Å². The molecule has 0 aliphatic heterocycles. The van der Waals surface area contributed by atoms with Gasteiger partial charge in [0.25, 0.3) is 0 Å². The molecule has 0 fully saturated rings. The number of nitrogens with zero attached hydrogens (tertiary/aromatic N) is 1. The molecular weight excluding hydrogens is 210 g/mol. The SMILES string of the molecule is CCC(C#N)Cc1cc(Cl)ccc1OC. The zero-order chi connectivity index (χ0) is 11.3. The molecule has 0 aromatic heterocycles. The number of hydrogen-bond donors (Lipinski definition) is 0. The van der Waals surface area contributed by atoms with Gasteiger partial charge < -0.3 is 4.74 Å². The Balaban J connectivity index is 2.92. The lowest BCUT2D eigenvalue weighted by Crippen LogP contribution is -2.02. The lowest BCUT2D eigenvalue weighted by atomic mass is 9.98. The van der Waals surface area contributed by atoms with E-state index < -0.39 is 0 Å². The Kier molecular flexibility index (Phi) is 4.45. The molecule has 0 radical (unpaired) electrons. The predicted octanol–water partition coefficient (Wildman–Crippen LogP) is 3.44. The van der Waals surface area contributed by atoms with Gasteiger partial charge in [-0.1, -0.05) is 18.5 Å². The third kappa shape index (κ3) is 3.14. The van der Waals surface area contributed by atoms with Gasteiger partial charge in [0.15, 0.2) is 0 Å². The molecule has 0 saturated heterocycles. The Labute approximate surface area is 95.4 Å². The number of halogens is 1. The molecule has 0 amide bonds. The summed E-state index contributed by atoms with van der Waals surface area (Å²) in [7, 11) is 1.63. The number of hydrogen-bond acceptors (Lipinski definition) is 2. The lowest BCUT2D eigenvalue weighted by Gasteiger charge is -2.11. The van der Waals surface area contributed by atoms with Crippen LogP contribution in [0.1, 0.15) is 18.9 Å². The van der Waals surface area contributed by atoms with E-state index in [0.29, 0.717) is 11.4 Å². The zero-order valence-electron chi connectivity index (χ0n) is 8.96. The highest BCUT2D eigenvalue weighted by molar-refractivity contribution is 6.30. The zero-order valence-corrected chi connectivity index (χ0v) is 9.71. The highest BCUT2D eigenvalue weighted by Gasteiger charge is 2.10. The molecule has 0 aliphatic carbocycles. The third-order valence-electron chi connectivity index (χ3n) is 2.38. The van der Waals surface area contributed by atoms with E-state index in [1.54, 1.807) is 13.2 Å². The van der Waals surface area contributed by atoms with E-state index in [1.165, 1.54) is 0 Å². The standard InChI is InChI=1S/C12H14ClNO/c1-3-9(8-14)6-10-7-11(13)4-5-12(10)15-2/h4-5,7,9H,3,6H2,1-2H3. The van der Waals surface area contributed by atoms with Crippen LogP contribution in [0, 0.1) is 17.2 Å². The Bertz CT molecular complexity index is 370. The average Bonchev–Trinajstić information content (AvgIpc) is 2.26. The van der Waals surface area contributed by atoms with Crippen molar-refractivity contribution < 1.29 is 4.74 Å². The molecule has 80 valence electrons. The molecule has 0 bridgehead atoms. The van der Waals surface area contributed by atoms with Crippen LogP contribution in [-0.2, 0) is 6.42 Å². The van der Waals surface area contributed by atoms with Crippen molar-refractivity contribution in [3.05, 3.63) is 28.8 Å². The number of methoxy groups -OCH3 is 1. The molecule has 0 saturated carbocycles. The smallest absolute Gasteiger partial charge is 0.122 e. The van der Waals surface area contributed by atoms with Gasteiger partial charge in [-0.05, 0) is 36.6 Å². The van der Waals surface area contributed by atoms with Gasteiger partial charge in [-0.25, -0.2) is 0 Å². The second-order valence-corrected chi connectivity index (χ2v) is 3.83. The highest BCUT2D eigenvalue weighted by atomic mass is 35.5. The van der Waals surface area contributed by atoms with Crippen molar-refractivity contribution in [2.45, 2.75) is 19.8 Å². The number of ether oxygens (including phenoxy) is 1. The summed E-state index contributed by atoms with van der Waals surface area (Å²) in [4.78, 5) is 0. The van der Waals surface area contributed by atoms with Gasteiger partial charge in [0.1, 0.15) is 5.75 Å². The van der Waals surface area contributed by atoms with Crippen LogP contribution < -0.4 is 4.74 Å². The monoisotopic (exact) mass is 223 g/mol. The van der Waals surface area contributed by atoms with Gasteiger partial charge in [-0.2, -0.15) is 5.26 Å². The van der Waals surface area contributed by atoms with Crippen LogP contribution in [0.2, 0.25) is 5.02 Å². The minimum absolute atomic E-state index is 0.0253. The van der Waals surface area contributed by atoms with Crippen LogP contribution in [0.25, 0.3) is 0 Å². The molecular formula is C12H14ClNO. The first-order chi connectivity index (χ1) is 7.21. The van der Waals surface area contributed by atoms with Gasteiger partial charge in [-0.15, -0.1) is 0 Å². The molecule has 1 aromatic rings. The summed E-state index contributed by atoms with van der Waals surface area (Å²) in [6.45, 7) is 2.00. The number of rotatable bonds is 4. The fourth-order valence-corrected chi connectivity index (χ4v) is 1.65. The highest BCUT2D eigenvalue weighted by Crippen LogP contribution is 2.25. The maximum Gasteiger partial charge on any atom is 0.122 e. The molecule has 15 heavy (non-hydrogen) atoms. The molecule has 2 nitrogen and oxygen atoms in total. The number of benzene rings is 1. The topological polar surface area (TPSA) is 33.0 Å². The minimum Gasteiger partial charge on any atom is -0.496 e. The van der Waals surface area contributed by atoms with E-state index in [1.807, 2.05) is 19.1 Å². The molecule has 1 aromatic carbocycles. The normalized spacial score (nSPS) is 11.9. The number of nitriles is 1. The quantitative estimate of drug-likeness (QED) is 0.784. The summed E-state index contributed by atoms with van der Waals surface area (Å²) < 4.78 is 5.22. The Morgan fingerprint density at radius 1 is 1.53 bits per heavy atom. The molecule has 3 heteroatoms. The van der Waals surface area contributed by atoms with E-state index in [9.17, 15) is 0 Å². The van der Waals surface area contributed by atoms with E-state index in [0.717, 1.165) is 17.7 Å². The summed E-state index contributed by atoms with van der Waals surface area (Å²) in [5, 5.41) is 9.58. The molecule has 1 atom stereocenters. The van der Waals surface area contributed by atoms with Gasteiger partial charge in [0.05, 0.1) is 19.1 Å². The van der Waals surface area contributed by atoms with Crippen molar-refractivity contribution in [2.24, 2.45) is 5.92 Å². The van der Waals surface area contributed by atoms with Crippen molar-refractivity contribution in [3.63, 3.8) is 0 Å². The molecule has 0 N–H and O–H groups in total. The fourth-order valence-electron chi connectivity index (χ4n) is 1.45. The predicted molar refractivity (Wildman–Crippen MR) is 61.1 cm³/mol. The van der Waals surface area contributed by atoms with E-state index >= 15 is 0 Å².